The Morgan fingerprint density at radius 2 is 2.50 bits per heavy atom. The first-order valence-electron chi connectivity index (χ1n) is 2.79. The predicted molar refractivity (Wildman–Crippen MR) is 29.4 cm³/mol. The minimum atomic E-state index is -0.306. The molecule has 3 heteroatoms. The van der Waals surface area contributed by atoms with Gasteiger partial charge in [-0.25, -0.2) is 0 Å². The van der Waals surface area contributed by atoms with Gasteiger partial charge < -0.3 is 9.84 Å². The van der Waals surface area contributed by atoms with Crippen molar-refractivity contribution in [2.45, 2.75) is 18.8 Å². The number of nitrogens with one attached hydrogen (secondary N) is 1. The number of hydrogen-bond acceptors (Lipinski definition) is 3. The summed E-state index contributed by atoms with van der Waals surface area (Å²) in [5.41, 5.74) is 0. The fraction of sp³-hybridized carbons (Fsp3) is 1.00. The van der Waals surface area contributed by atoms with Gasteiger partial charge in [-0.3, -0.25) is 5.32 Å². The van der Waals surface area contributed by atoms with Gasteiger partial charge in [-0.15, -0.1) is 0 Å². The van der Waals surface area contributed by atoms with Gasteiger partial charge >= 0.3 is 0 Å². The number of hydrogen-bond donors (Lipinski definition) is 2. The van der Waals surface area contributed by atoms with Gasteiger partial charge in [-0.05, 0) is 6.42 Å². The molecule has 0 spiro atoms. The Hall–Kier alpha value is -0.120. The van der Waals surface area contributed by atoms with E-state index in [1.54, 1.807) is 7.11 Å². The minimum Gasteiger partial charge on any atom is -0.389 e. The van der Waals surface area contributed by atoms with Crippen molar-refractivity contribution in [2.75, 3.05) is 13.7 Å². The van der Waals surface area contributed by atoms with Crippen molar-refractivity contribution < 1.29 is 9.84 Å². The zero-order valence-electron chi connectivity index (χ0n) is 4.92. The summed E-state index contributed by atoms with van der Waals surface area (Å²) in [6, 6.07) is 0. The van der Waals surface area contributed by atoms with E-state index in [0.29, 0.717) is 0 Å². The molecule has 1 heterocycles. The number of methoxy groups -OCH3 is 1. The van der Waals surface area contributed by atoms with E-state index in [2.05, 4.69) is 5.32 Å². The summed E-state index contributed by atoms with van der Waals surface area (Å²) in [5.74, 6) is 0. The second-order valence-electron chi connectivity index (χ2n) is 1.97. The largest absolute Gasteiger partial charge is 0.389 e. The maximum Gasteiger partial charge on any atom is 0.133 e. The van der Waals surface area contributed by atoms with Crippen molar-refractivity contribution in [1.29, 1.82) is 0 Å². The summed E-state index contributed by atoms with van der Waals surface area (Å²) in [6.45, 7) is 0.861. The first-order chi connectivity index (χ1) is 3.84. The monoisotopic (exact) mass is 117 g/mol. The van der Waals surface area contributed by atoms with Crippen molar-refractivity contribution in [1.82, 2.24) is 5.32 Å². The molecule has 2 N–H and O–H groups in total. The lowest BCUT2D eigenvalue weighted by atomic mass is 10.3. The molecular weight excluding hydrogens is 106 g/mol. The molecule has 0 aromatic carbocycles. The van der Waals surface area contributed by atoms with Crippen LogP contribution in [0, 0.1) is 0 Å². The fourth-order valence-electron chi connectivity index (χ4n) is 0.901. The van der Waals surface area contributed by atoms with Gasteiger partial charge in [0.25, 0.3) is 0 Å². The van der Waals surface area contributed by atoms with Crippen molar-refractivity contribution in [2.24, 2.45) is 0 Å². The molecular formula is C5H11NO2. The van der Waals surface area contributed by atoms with Gasteiger partial charge in [0.15, 0.2) is 0 Å². The molecule has 1 rings (SSSR count). The second kappa shape index (κ2) is 2.44. The average molecular weight is 117 g/mol. The van der Waals surface area contributed by atoms with Gasteiger partial charge in [0.2, 0.25) is 0 Å². The number of ether oxygens (including phenoxy) is 1. The smallest absolute Gasteiger partial charge is 0.133 e. The Morgan fingerprint density at radius 3 is 2.75 bits per heavy atom. The van der Waals surface area contributed by atoms with Crippen molar-refractivity contribution in [3.63, 3.8) is 0 Å². The standard InChI is InChI=1S/C5H11NO2/c1-8-5-4(7)2-3-6-5/h4-7H,2-3H2,1H3. The number of aliphatic hydroxyl groups is 1. The average Bonchev–Trinajstić information content (AvgIpc) is 2.14. The molecule has 0 aromatic heterocycles. The lowest BCUT2D eigenvalue weighted by molar-refractivity contribution is -0.00215. The summed E-state index contributed by atoms with van der Waals surface area (Å²) in [5, 5.41) is 12.0. The van der Waals surface area contributed by atoms with Crippen molar-refractivity contribution in [3.8, 4) is 0 Å². The summed E-state index contributed by atoms with van der Waals surface area (Å²) in [7, 11) is 1.59. The highest BCUT2D eigenvalue weighted by Crippen LogP contribution is 2.05. The second-order valence-corrected chi connectivity index (χ2v) is 1.97. The van der Waals surface area contributed by atoms with Crippen LogP contribution >= 0.6 is 0 Å². The van der Waals surface area contributed by atoms with E-state index in [0.717, 1.165) is 13.0 Å². The van der Waals surface area contributed by atoms with Crippen LogP contribution in [0.15, 0.2) is 0 Å². The minimum absolute atomic E-state index is 0.130. The molecule has 1 fully saturated rings. The Morgan fingerprint density at radius 1 is 1.75 bits per heavy atom. The number of aliphatic hydroxyl groups excluding tert-OH is 1. The molecule has 0 saturated carbocycles. The predicted octanol–water partition coefficient (Wildman–Crippen LogP) is -0.687. The molecule has 0 aromatic rings. The topological polar surface area (TPSA) is 41.5 Å². The van der Waals surface area contributed by atoms with E-state index < -0.39 is 0 Å². The number of rotatable bonds is 1. The summed E-state index contributed by atoms with van der Waals surface area (Å²) in [6.07, 6.45) is 0.369. The van der Waals surface area contributed by atoms with Crippen LogP contribution in [0.1, 0.15) is 6.42 Å². The third-order valence-electron chi connectivity index (χ3n) is 1.39. The Labute approximate surface area is 48.7 Å². The summed E-state index contributed by atoms with van der Waals surface area (Å²) in [4.78, 5) is 0. The van der Waals surface area contributed by atoms with Crippen LogP contribution in [-0.2, 0) is 4.74 Å². The highest BCUT2D eigenvalue weighted by molar-refractivity contribution is 4.74. The Bertz CT molecular complexity index is 76.8. The van der Waals surface area contributed by atoms with Crippen molar-refractivity contribution in [3.05, 3.63) is 0 Å². The van der Waals surface area contributed by atoms with E-state index in [4.69, 9.17) is 9.84 Å². The van der Waals surface area contributed by atoms with Crippen LogP contribution in [0.3, 0.4) is 0 Å². The van der Waals surface area contributed by atoms with Gasteiger partial charge in [-0.2, -0.15) is 0 Å². The molecule has 2 atom stereocenters. The molecule has 3 nitrogen and oxygen atoms in total. The zero-order chi connectivity index (χ0) is 5.98. The van der Waals surface area contributed by atoms with Crippen LogP contribution in [0.25, 0.3) is 0 Å². The van der Waals surface area contributed by atoms with Gasteiger partial charge in [0, 0.05) is 13.7 Å². The summed E-state index contributed by atoms with van der Waals surface area (Å²) < 4.78 is 4.86. The first kappa shape index (κ1) is 6.01. The van der Waals surface area contributed by atoms with E-state index in [1.807, 2.05) is 0 Å². The Balaban J connectivity index is 2.30. The molecule has 0 bridgehead atoms. The summed E-state index contributed by atoms with van der Waals surface area (Å²) >= 11 is 0. The zero-order valence-corrected chi connectivity index (χ0v) is 4.92. The lowest BCUT2D eigenvalue weighted by Gasteiger charge is -2.10. The van der Waals surface area contributed by atoms with Crippen LogP contribution in [0.5, 0.6) is 0 Å². The third-order valence-corrected chi connectivity index (χ3v) is 1.39. The molecule has 2 unspecified atom stereocenters. The van der Waals surface area contributed by atoms with Crippen LogP contribution in [0.4, 0.5) is 0 Å². The molecule has 0 radical (unpaired) electrons. The highest BCUT2D eigenvalue weighted by atomic mass is 16.5. The van der Waals surface area contributed by atoms with Gasteiger partial charge in [0.05, 0.1) is 6.10 Å². The van der Waals surface area contributed by atoms with E-state index >= 15 is 0 Å². The maximum absolute atomic E-state index is 9.00. The lowest BCUT2D eigenvalue weighted by Crippen LogP contribution is -2.31. The SMILES string of the molecule is COC1NCCC1O. The van der Waals surface area contributed by atoms with Crippen LogP contribution in [-0.4, -0.2) is 31.1 Å². The molecule has 1 aliphatic rings. The van der Waals surface area contributed by atoms with E-state index in [9.17, 15) is 0 Å². The molecule has 0 aliphatic carbocycles. The van der Waals surface area contributed by atoms with Crippen LogP contribution < -0.4 is 5.32 Å². The van der Waals surface area contributed by atoms with Crippen LogP contribution in [0.2, 0.25) is 0 Å². The molecule has 1 saturated heterocycles. The van der Waals surface area contributed by atoms with Gasteiger partial charge in [-0.1, -0.05) is 0 Å². The normalized spacial score (nSPS) is 38.2. The molecule has 0 amide bonds. The third kappa shape index (κ3) is 0.992. The highest BCUT2D eigenvalue weighted by Gasteiger charge is 2.23. The quantitative estimate of drug-likeness (QED) is 0.478. The fourth-order valence-corrected chi connectivity index (χ4v) is 0.901. The van der Waals surface area contributed by atoms with Gasteiger partial charge in [0.1, 0.15) is 6.23 Å². The maximum atomic E-state index is 9.00. The molecule has 1 aliphatic heterocycles. The molecule has 48 valence electrons. The van der Waals surface area contributed by atoms with Crippen molar-refractivity contribution >= 4 is 0 Å². The van der Waals surface area contributed by atoms with E-state index in [1.165, 1.54) is 0 Å². The first-order valence-corrected chi connectivity index (χ1v) is 2.79. The van der Waals surface area contributed by atoms with E-state index in [-0.39, 0.29) is 12.3 Å². The molecule has 8 heavy (non-hydrogen) atoms. The Kier molecular flexibility index (Phi) is 1.83.